The molecule has 0 spiro atoms. The van der Waals surface area contributed by atoms with Crippen molar-refractivity contribution in [3.05, 3.63) is 53.3 Å². The van der Waals surface area contributed by atoms with Gasteiger partial charge in [-0.2, -0.15) is 0 Å². The summed E-state index contributed by atoms with van der Waals surface area (Å²) in [7, 11) is 0. The van der Waals surface area contributed by atoms with Crippen molar-refractivity contribution < 1.29 is 14.3 Å². The molecule has 2 amide bonds. The summed E-state index contributed by atoms with van der Waals surface area (Å²) in [4.78, 5) is 32.3. The van der Waals surface area contributed by atoms with E-state index in [1.54, 1.807) is 35.5 Å². The molecule has 166 valence electrons. The normalized spacial score (nSPS) is 15.6. The number of nitrogens with zero attached hydrogens (tertiary/aromatic N) is 3. The predicted octanol–water partition coefficient (Wildman–Crippen LogP) is 5.33. The number of halogens is 1. The van der Waals surface area contributed by atoms with Gasteiger partial charge in [0.25, 0.3) is 0 Å². The van der Waals surface area contributed by atoms with Crippen molar-refractivity contribution in [1.29, 1.82) is 0 Å². The molecular formula is C24H30ClN3O3. The molecule has 2 heterocycles. The maximum atomic E-state index is 12.6. The number of hydrogen-bond donors (Lipinski definition) is 0. The van der Waals surface area contributed by atoms with Crippen molar-refractivity contribution in [2.24, 2.45) is 11.8 Å². The zero-order valence-electron chi connectivity index (χ0n) is 18.3. The summed E-state index contributed by atoms with van der Waals surface area (Å²) < 4.78 is 5.56. The van der Waals surface area contributed by atoms with Crippen molar-refractivity contribution in [1.82, 2.24) is 9.88 Å². The van der Waals surface area contributed by atoms with E-state index in [9.17, 15) is 9.59 Å². The lowest BCUT2D eigenvalue weighted by molar-refractivity contribution is -0.108. The second-order valence-electron chi connectivity index (χ2n) is 8.52. The van der Waals surface area contributed by atoms with Gasteiger partial charge in [-0.3, -0.25) is 9.78 Å². The Morgan fingerprint density at radius 3 is 2.52 bits per heavy atom. The Kier molecular flexibility index (Phi) is 7.91. The van der Waals surface area contributed by atoms with Crippen LogP contribution in [0.25, 0.3) is 0 Å². The van der Waals surface area contributed by atoms with Crippen molar-refractivity contribution in [3.8, 4) is 5.75 Å². The Balaban J connectivity index is 1.67. The molecule has 1 aliphatic heterocycles. The fourth-order valence-electron chi connectivity index (χ4n) is 4.16. The lowest BCUT2D eigenvalue weighted by atomic mass is 9.84. The van der Waals surface area contributed by atoms with Gasteiger partial charge in [0.05, 0.1) is 0 Å². The standard InChI is InChI=1S/C24H30ClN3O3/c1-17(2)14-22(28(16-29)21-6-4-20(25)5-7-21)19-9-12-27(13-10-19)24(30)31-23-8-11-26-15-18(23)3/h4-8,11,15-17,19,22H,9-10,12-14H2,1-3H3. The van der Waals surface area contributed by atoms with Gasteiger partial charge in [0.1, 0.15) is 5.75 Å². The highest BCUT2D eigenvalue weighted by atomic mass is 35.5. The zero-order valence-corrected chi connectivity index (χ0v) is 19.1. The first-order chi connectivity index (χ1) is 14.9. The van der Waals surface area contributed by atoms with E-state index in [0.717, 1.165) is 36.9 Å². The van der Waals surface area contributed by atoms with E-state index in [2.05, 4.69) is 18.8 Å². The van der Waals surface area contributed by atoms with Gasteiger partial charge in [0.15, 0.2) is 0 Å². The van der Waals surface area contributed by atoms with Gasteiger partial charge in [0, 0.05) is 47.8 Å². The van der Waals surface area contributed by atoms with Crippen LogP contribution in [0.1, 0.15) is 38.7 Å². The number of likely N-dealkylation sites (tertiary alicyclic amines) is 1. The number of rotatable bonds is 7. The van der Waals surface area contributed by atoms with Gasteiger partial charge in [0.2, 0.25) is 6.41 Å². The number of aryl methyl sites for hydroxylation is 1. The number of piperidine rings is 1. The van der Waals surface area contributed by atoms with E-state index in [1.807, 2.05) is 24.0 Å². The molecule has 1 atom stereocenters. The van der Waals surface area contributed by atoms with E-state index in [1.165, 1.54) is 0 Å². The highest BCUT2D eigenvalue weighted by Crippen LogP contribution is 2.32. The van der Waals surface area contributed by atoms with Gasteiger partial charge in [-0.25, -0.2) is 4.79 Å². The molecule has 0 aliphatic carbocycles. The summed E-state index contributed by atoms with van der Waals surface area (Å²) in [6.07, 6.45) is 6.41. The Hall–Kier alpha value is -2.60. The third-order valence-corrected chi connectivity index (χ3v) is 6.07. The largest absolute Gasteiger partial charge is 0.415 e. The zero-order chi connectivity index (χ0) is 22.4. The third kappa shape index (κ3) is 5.97. The van der Waals surface area contributed by atoms with E-state index in [-0.39, 0.29) is 12.1 Å². The average Bonchev–Trinajstić information content (AvgIpc) is 2.76. The lowest BCUT2D eigenvalue weighted by Gasteiger charge is -2.40. The second kappa shape index (κ2) is 10.6. The van der Waals surface area contributed by atoms with Crippen molar-refractivity contribution in [3.63, 3.8) is 0 Å². The number of aromatic nitrogens is 1. The first kappa shape index (κ1) is 23.1. The topological polar surface area (TPSA) is 62.7 Å². The Bertz CT molecular complexity index is 880. The maximum Gasteiger partial charge on any atom is 0.415 e. The molecule has 1 saturated heterocycles. The number of carbonyl (C=O) groups excluding carboxylic acids is 2. The monoisotopic (exact) mass is 443 g/mol. The SMILES string of the molecule is Cc1cnccc1OC(=O)N1CCC(C(CC(C)C)N(C=O)c2ccc(Cl)cc2)CC1. The molecule has 0 bridgehead atoms. The maximum absolute atomic E-state index is 12.6. The van der Waals surface area contributed by atoms with Crippen LogP contribution >= 0.6 is 11.6 Å². The number of hydrogen-bond acceptors (Lipinski definition) is 4. The van der Waals surface area contributed by atoms with Gasteiger partial charge in [-0.15, -0.1) is 0 Å². The van der Waals surface area contributed by atoms with Crippen LogP contribution in [0, 0.1) is 18.8 Å². The summed E-state index contributed by atoms with van der Waals surface area (Å²) in [6, 6.07) is 9.15. The van der Waals surface area contributed by atoms with Gasteiger partial charge >= 0.3 is 6.09 Å². The van der Waals surface area contributed by atoms with Crippen LogP contribution in [0.5, 0.6) is 5.75 Å². The van der Waals surface area contributed by atoms with Crippen molar-refractivity contribution in [2.45, 2.75) is 46.1 Å². The van der Waals surface area contributed by atoms with Gasteiger partial charge in [-0.1, -0.05) is 25.4 Å². The van der Waals surface area contributed by atoms with Crippen molar-refractivity contribution >= 4 is 29.8 Å². The molecule has 31 heavy (non-hydrogen) atoms. The fraction of sp³-hybridized carbons (Fsp3) is 0.458. The minimum atomic E-state index is -0.335. The predicted molar refractivity (Wildman–Crippen MR) is 123 cm³/mol. The summed E-state index contributed by atoms with van der Waals surface area (Å²) in [5.74, 6) is 1.28. The quantitative estimate of drug-likeness (QED) is 0.542. The molecule has 0 N–H and O–H groups in total. The van der Waals surface area contributed by atoms with Crippen LogP contribution in [-0.4, -0.2) is 41.5 Å². The van der Waals surface area contributed by atoms with Crippen LogP contribution in [0.2, 0.25) is 5.02 Å². The van der Waals surface area contributed by atoms with E-state index in [0.29, 0.717) is 35.7 Å². The van der Waals surface area contributed by atoms with Crippen LogP contribution in [-0.2, 0) is 4.79 Å². The number of pyridine rings is 1. The molecule has 1 aromatic carbocycles. The molecule has 1 fully saturated rings. The molecule has 7 heteroatoms. The van der Waals surface area contributed by atoms with Gasteiger partial charge < -0.3 is 14.5 Å². The van der Waals surface area contributed by atoms with Gasteiger partial charge in [-0.05, 0) is 68.4 Å². The van der Waals surface area contributed by atoms with E-state index >= 15 is 0 Å². The third-order valence-electron chi connectivity index (χ3n) is 5.82. The fourth-order valence-corrected chi connectivity index (χ4v) is 4.29. The van der Waals surface area contributed by atoms with Crippen LogP contribution in [0.4, 0.5) is 10.5 Å². The Labute approximate surface area is 189 Å². The lowest BCUT2D eigenvalue weighted by Crippen LogP contribution is -2.47. The molecular weight excluding hydrogens is 414 g/mol. The number of ether oxygens (including phenoxy) is 1. The number of anilines is 1. The van der Waals surface area contributed by atoms with E-state index in [4.69, 9.17) is 16.3 Å². The Morgan fingerprint density at radius 2 is 1.94 bits per heavy atom. The summed E-state index contributed by atoms with van der Waals surface area (Å²) in [6.45, 7) is 7.41. The summed E-state index contributed by atoms with van der Waals surface area (Å²) in [5, 5.41) is 0.645. The molecule has 1 aromatic heterocycles. The molecule has 0 radical (unpaired) electrons. The first-order valence-corrected chi connectivity index (χ1v) is 11.1. The molecule has 2 aromatic rings. The smallest absolute Gasteiger partial charge is 0.410 e. The van der Waals surface area contributed by atoms with Crippen LogP contribution < -0.4 is 9.64 Å². The minimum Gasteiger partial charge on any atom is -0.410 e. The highest BCUT2D eigenvalue weighted by Gasteiger charge is 2.33. The molecule has 1 aliphatic rings. The molecule has 6 nitrogen and oxygen atoms in total. The number of benzene rings is 1. The summed E-state index contributed by atoms with van der Waals surface area (Å²) in [5.41, 5.74) is 1.67. The summed E-state index contributed by atoms with van der Waals surface area (Å²) >= 11 is 6.03. The molecule has 0 saturated carbocycles. The number of amides is 2. The Morgan fingerprint density at radius 1 is 1.26 bits per heavy atom. The molecule has 3 rings (SSSR count). The van der Waals surface area contributed by atoms with Crippen molar-refractivity contribution in [2.75, 3.05) is 18.0 Å². The molecule has 1 unspecified atom stereocenters. The second-order valence-corrected chi connectivity index (χ2v) is 8.96. The minimum absolute atomic E-state index is 0.0688. The highest BCUT2D eigenvalue weighted by molar-refractivity contribution is 6.30. The van der Waals surface area contributed by atoms with Crippen LogP contribution in [0.15, 0.2) is 42.7 Å². The number of carbonyl (C=O) groups is 2. The average molecular weight is 444 g/mol. The first-order valence-electron chi connectivity index (χ1n) is 10.8. The van der Waals surface area contributed by atoms with Crippen LogP contribution in [0.3, 0.4) is 0 Å². The van der Waals surface area contributed by atoms with E-state index < -0.39 is 0 Å².